The SMILES string of the molecule is O=C(NC1CCCCCC1C(=O)O)c1cc(Cl)nnc1Cl. The van der Waals surface area contributed by atoms with E-state index in [4.69, 9.17) is 23.2 Å². The molecule has 1 amide bonds. The van der Waals surface area contributed by atoms with Gasteiger partial charge >= 0.3 is 5.97 Å². The van der Waals surface area contributed by atoms with E-state index in [1.807, 2.05) is 0 Å². The van der Waals surface area contributed by atoms with Crippen molar-refractivity contribution in [3.05, 3.63) is 21.9 Å². The van der Waals surface area contributed by atoms with Crippen LogP contribution in [0.4, 0.5) is 0 Å². The molecule has 0 radical (unpaired) electrons. The van der Waals surface area contributed by atoms with Gasteiger partial charge in [0.25, 0.3) is 5.91 Å². The summed E-state index contributed by atoms with van der Waals surface area (Å²) in [6.07, 6.45) is 3.90. The molecule has 21 heavy (non-hydrogen) atoms. The number of nitrogens with zero attached hydrogens (tertiary/aromatic N) is 2. The summed E-state index contributed by atoms with van der Waals surface area (Å²) in [7, 11) is 0. The van der Waals surface area contributed by atoms with Crippen LogP contribution < -0.4 is 5.32 Å². The summed E-state index contributed by atoms with van der Waals surface area (Å²) in [4.78, 5) is 23.6. The Kier molecular flexibility index (Phi) is 5.36. The Labute approximate surface area is 131 Å². The minimum atomic E-state index is -0.890. The maximum Gasteiger partial charge on any atom is 0.308 e. The molecule has 1 saturated carbocycles. The number of hydrogen-bond acceptors (Lipinski definition) is 4. The van der Waals surface area contributed by atoms with Crippen molar-refractivity contribution < 1.29 is 14.7 Å². The number of carboxylic acid groups (broad SMARTS) is 1. The minimum Gasteiger partial charge on any atom is -0.481 e. The van der Waals surface area contributed by atoms with E-state index < -0.39 is 23.8 Å². The topological polar surface area (TPSA) is 92.2 Å². The molecule has 0 aliphatic heterocycles. The fourth-order valence-corrected chi connectivity index (χ4v) is 2.86. The van der Waals surface area contributed by atoms with Crippen molar-refractivity contribution in [3.63, 3.8) is 0 Å². The lowest BCUT2D eigenvalue weighted by molar-refractivity contribution is -0.142. The average molecular weight is 332 g/mol. The number of nitrogens with one attached hydrogen (secondary N) is 1. The van der Waals surface area contributed by atoms with Crippen molar-refractivity contribution in [1.29, 1.82) is 0 Å². The molecule has 0 bridgehead atoms. The molecule has 0 aromatic carbocycles. The normalized spacial score (nSPS) is 22.4. The number of rotatable bonds is 3. The summed E-state index contributed by atoms with van der Waals surface area (Å²) in [6, 6.07) is 0.902. The maximum absolute atomic E-state index is 12.3. The minimum absolute atomic E-state index is 0.0557. The first-order chi connectivity index (χ1) is 9.99. The molecule has 114 valence electrons. The Morgan fingerprint density at radius 3 is 2.62 bits per heavy atom. The summed E-state index contributed by atoms with van der Waals surface area (Å²) in [5, 5.41) is 19.1. The van der Waals surface area contributed by atoms with Crippen LogP contribution in [0.1, 0.15) is 42.5 Å². The van der Waals surface area contributed by atoms with E-state index in [1.54, 1.807) is 0 Å². The van der Waals surface area contributed by atoms with Crippen molar-refractivity contribution in [3.8, 4) is 0 Å². The predicted molar refractivity (Wildman–Crippen MR) is 77.5 cm³/mol. The number of carboxylic acids is 1. The van der Waals surface area contributed by atoms with Gasteiger partial charge in [-0.15, -0.1) is 10.2 Å². The molecule has 0 spiro atoms. The molecule has 1 aliphatic carbocycles. The Morgan fingerprint density at radius 2 is 1.90 bits per heavy atom. The van der Waals surface area contributed by atoms with Crippen LogP contribution in [-0.4, -0.2) is 33.2 Å². The summed E-state index contributed by atoms with van der Waals surface area (Å²) in [5.74, 6) is -1.95. The number of aliphatic carboxylic acids is 1. The van der Waals surface area contributed by atoms with Crippen molar-refractivity contribution in [2.45, 2.75) is 38.1 Å². The number of amides is 1. The van der Waals surface area contributed by atoms with Crippen LogP contribution >= 0.6 is 23.2 Å². The van der Waals surface area contributed by atoms with E-state index >= 15 is 0 Å². The van der Waals surface area contributed by atoms with Gasteiger partial charge in [-0.2, -0.15) is 0 Å². The zero-order valence-electron chi connectivity index (χ0n) is 11.2. The molecule has 1 fully saturated rings. The van der Waals surface area contributed by atoms with Gasteiger partial charge in [-0.3, -0.25) is 9.59 Å². The molecule has 2 rings (SSSR count). The summed E-state index contributed by atoms with van der Waals surface area (Å²) in [6.45, 7) is 0. The van der Waals surface area contributed by atoms with E-state index in [0.717, 1.165) is 19.3 Å². The predicted octanol–water partition coefficient (Wildman–Crippen LogP) is 2.55. The van der Waals surface area contributed by atoms with E-state index in [2.05, 4.69) is 15.5 Å². The van der Waals surface area contributed by atoms with Crippen LogP contribution in [0.15, 0.2) is 6.07 Å². The first kappa shape index (κ1) is 16.0. The fraction of sp³-hybridized carbons (Fsp3) is 0.538. The van der Waals surface area contributed by atoms with Crippen molar-refractivity contribution in [1.82, 2.24) is 15.5 Å². The molecule has 0 saturated heterocycles. The third kappa shape index (κ3) is 4.04. The molecule has 1 aromatic heterocycles. The average Bonchev–Trinajstić information content (AvgIpc) is 2.67. The summed E-state index contributed by atoms with van der Waals surface area (Å²) in [5.41, 5.74) is 0.102. The second kappa shape index (κ2) is 7.04. The molecule has 1 aromatic rings. The van der Waals surface area contributed by atoms with Crippen LogP contribution in [0.3, 0.4) is 0 Å². The van der Waals surface area contributed by atoms with E-state index in [1.165, 1.54) is 6.07 Å². The quantitative estimate of drug-likeness (QED) is 0.830. The van der Waals surface area contributed by atoms with Gasteiger partial charge in [-0.25, -0.2) is 0 Å². The van der Waals surface area contributed by atoms with E-state index in [9.17, 15) is 14.7 Å². The lowest BCUT2D eigenvalue weighted by Crippen LogP contribution is -2.43. The zero-order valence-corrected chi connectivity index (χ0v) is 12.7. The van der Waals surface area contributed by atoms with Crippen molar-refractivity contribution in [2.24, 2.45) is 5.92 Å². The van der Waals surface area contributed by atoms with E-state index in [0.29, 0.717) is 12.8 Å². The highest BCUT2D eigenvalue weighted by molar-refractivity contribution is 6.34. The first-order valence-electron chi connectivity index (χ1n) is 6.71. The van der Waals surface area contributed by atoms with Gasteiger partial charge in [0.15, 0.2) is 10.3 Å². The Morgan fingerprint density at radius 1 is 1.19 bits per heavy atom. The van der Waals surface area contributed by atoms with Crippen molar-refractivity contribution in [2.75, 3.05) is 0 Å². The molecule has 2 unspecified atom stereocenters. The van der Waals surface area contributed by atoms with Crippen LogP contribution in [0.2, 0.25) is 10.3 Å². The molecule has 1 heterocycles. The third-order valence-corrected chi connectivity index (χ3v) is 4.08. The largest absolute Gasteiger partial charge is 0.481 e. The lowest BCUT2D eigenvalue weighted by atomic mass is 9.94. The standard InChI is InChI=1S/C13H15Cl2N3O3/c14-10-6-8(11(15)18-17-10)12(19)16-9-5-3-1-2-4-7(9)13(20)21/h6-7,9H,1-5H2,(H,16,19)(H,20,21). The lowest BCUT2D eigenvalue weighted by Gasteiger charge is -2.23. The Bertz CT molecular complexity index is 553. The molecular weight excluding hydrogens is 317 g/mol. The summed E-state index contributed by atoms with van der Waals surface area (Å²) < 4.78 is 0. The molecule has 2 atom stereocenters. The summed E-state index contributed by atoms with van der Waals surface area (Å²) >= 11 is 11.5. The highest BCUT2D eigenvalue weighted by Gasteiger charge is 2.31. The number of hydrogen-bond donors (Lipinski definition) is 2. The number of aromatic nitrogens is 2. The molecule has 8 heteroatoms. The van der Waals surface area contributed by atoms with Gasteiger partial charge in [0.05, 0.1) is 11.5 Å². The second-order valence-electron chi connectivity index (χ2n) is 5.03. The monoisotopic (exact) mass is 331 g/mol. The van der Waals surface area contributed by atoms with Gasteiger partial charge in [0.1, 0.15) is 0 Å². The van der Waals surface area contributed by atoms with Crippen LogP contribution in [-0.2, 0) is 4.79 Å². The number of carbonyl (C=O) groups is 2. The molecule has 6 nitrogen and oxygen atoms in total. The molecule has 1 aliphatic rings. The Balaban J connectivity index is 2.16. The zero-order chi connectivity index (χ0) is 15.4. The van der Waals surface area contributed by atoms with Gasteiger partial charge in [-0.1, -0.05) is 42.5 Å². The first-order valence-corrected chi connectivity index (χ1v) is 7.47. The molecule has 2 N–H and O–H groups in total. The van der Waals surface area contributed by atoms with Crippen molar-refractivity contribution >= 4 is 35.1 Å². The number of carbonyl (C=O) groups excluding carboxylic acids is 1. The van der Waals surface area contributed by atoms with Crippen LogP contribution in [0.25, 0.3) is 0 Å². The van der Waals surface area contributed by atoms with E-state index in [-0.39, 0.29) is 15.9 Å². The maximum atomic E-state index is 12.3. The van der Waals surface area contributed by atoms with Crippen LogP contribution in [0.5, 0.6) is 0 Å². The second-order valence-corrected chi connectivity index (χ2v) is 5.78. The smallest absolute Gasteiger partial charge is 0.308 e. The highest BCUT2D eigenvalue weighted by Crippen LogP contribution is 2.25. The van der Waals surface area contributed by atoms with Gasteiger partial charge in [0, 0.05) is 6.04 Å². The van der Waals surface area contributed by atoms with Gasteiger partial charge in [-0.05, 0) is 18.9 Å². The Hall–Kier alpha value is -1.40. The number of halogens is 2. The fourth-order valence-electron chi connectivity index (χ4n) is 2.53. The third-order valence-electron chi connectivity index (χ3n) is 3.61. The van der Waals surface area contributed by atoms with Crippen LogP contribution in [0, 0.1) is 5.92 Å². The van der Waals surface area contributed by atoms with Gasteiger partial charge in [0.2, 0.25) is 0 Å². The highest BCUT2D eigenvalue weighted by atomic mass is 35.5. The molecular formula is C13H15Cl2N3O3. The van der Waals surface area contributed by atoms with Gasteiger partial charge < -0.3 is 10.4 Å².